The van der Waals surface area contributed by atoms with Crippen molar-refractivity contribution in [2.24, 2.45) is 11.8 Å². The molecule has 0 radical (unpaired) electrons. The van der Waals surface area contributed by atoms with E-state index in [1.54, 1.807) is 7.11 Å². The topological polar surface area (TPSA) is 85.1 Å². The van der Waals surface area contributed by atoms with Gasteiger partial charge in [0.15, 0.2) is 11.6 Å². The van der Waals surface area contributed by atoms with Gasteiger partial charge in [0.1, 0.15) is 6.33 Å². The van der Waals surface area contributed by atoms with E-state index in [1.165, 1.54) is 6.33 Å². The van der Waals surface area contributed by atoms with E-state index in [0.29, 0.717) is 29.3 Å². The van der Waals surface area contributed by atoms with Crippen molar-refractivity contribution in [2.45, 2.75) is 33.2 Å². The summed E-state index contributed by atoms with van der Waals surface area (Å²) in [4.78, 5) is 8.16. The van der Waals surface area contributed by atoms with Crippen molar-refractivity contribution in [3.63, 3.8) is 0 Å². The Kier molecular flexibility index (Phi) is 4.96. The van der Waals surface area contributed by atoms with Crippen LogP contribution in [0.3, 0.4) is 0 Å². The number of rotatable bonds is 6. The lowest BCUT2D eigenvalue weighted by atomic mass is 10.0. The molecule has 1 rings (SSSR count). The molecule has 0 aromatic carbocycles. The third kappa shape index (κ3) is 3.20. The first-order valence-electron chi connectivity index (χ1n) is 5.76. The van der Waals surface area contributed by atoms with Crippen molar-refractivity contribution in [1.82, 2.24) is 9.97 Å². The number of hydrogen-bond donors (Lipinski definition) is 3. The number of nitrogens with zero attached hydrogens (tertiary/aromatic N) is 2. The second-order valence-corrected chi connectivity index (χ2v) is 4.07. The van der Waals surface area contributed by atoms with Crippen molar-refractivity contribution in [2.75, 3.05) is 17.9 Å². The second-order valence-electron chi connectivity index (χ2n) is 4.07. The highest BCUT2D eigenvalue weighted by atomic mass is 16.5. The quantitative estimate of drug-likeness (QED) is 0.516. The average molecular weight is 239 g/mol. The largest absolute Gasteiger partial charge is 0.490 e. The van der Waals surface area contributed by atoms with Crippen molar-refractivity contribution in [3.05, 3.63) is 6.33 Å². The minimum absolute atomic E-state index is 0.300. The zero-order chi connectivity index (χ0) is 12.8. The third-order valence-electron chi connectivity index (χ3n) is 3.01. The van der Waals surface area contributed by atoms with Gasteiger partial charge in [0.2, 0.25) is 5.75 Å². The first-order chi connectivity index (χ1) is 8.13. The number of aromatic nitrogens is 2. The van der Waals surface area contributed by atoms with Crippen molar-refractivity contribution in [1.29, 1.82) is 0 Å². The van der Waals surface area contributed by atoms with Gasteiger partial charge in [-0.25, -0.2) is 15.8 Å². The van der Waals surface area contributed by atoms with E-state index in [4.69, 9.17) is 10.6 Å². The molecule has 2 atom stereocenters. The van der Waals surface area contributed by atoms with Crippen LogP contribution in [0.5, 0.6) is 5.75 Å². The summed E-state index contributed by atoms with van der Waals surface area (Å²) in [6.07, 6.45) is 2.55. The molecule has 6 heteroatoms. The lowest BCUT2D eigenvalue weighted by Crippen LogP contribution is -2.24. The van der Waals surface area contributed by atoms with Gasteiger partial charge in [0, 0.05) is 6.04 Å². The van der Waals surface area contributed by atoms with Gasteiger partial charge in [0.25, 0.3) is 0 Å². The summed E-state index contributed by atoms with van der Waals surface area (Å²) in [5.41, 5.74) is 2.49. The smallest absolute Gasteiger partial charge is 0.205 e. The highest BCUT2D eigenvalue weighted by Gasteiger charge is 2.16. The Morgan fingerprint density at radius 1 is 1.35 bits per heavy atom. The molecule has 0 fully saturated rings. The molecule has 4 N–H and O–H groups in total. The van der Waals surface area contributed by atoms with Gasteiger partial charge in [-0.1, -0.05) is 20.3 Å². The van der Waals surface area contributed by atoms with Crippen LogP contribution in [0, 0.1) is 5.92 Å². The lowest BCUT2D eigenvalue weighted by molar-refractivity contribution is 0.412. The zero-order valence-electron chi connectivity index (χ0n) is 10.8. The SMILES string of the molecule is CCC(C)C(C)Nc1ncnc(NN)c1OC. The fourth-order valence-corrected chi connectivity index (χ4v) is 1.48. The van der Waals surface area contributed by atoms with Crippen LogP contribution in [0.1, 0.15) is 27.2 Å². The summed E-state index contributed by atoms with van der Waals surface area (Å²) in [6.45, 7) is 6.46. The van der Waals surface area contributed by atoms with E-state index in [9.17, 15) is 0 Å². The first-order valence-corrected chi connectivity index (χ1v) is 5.76. The summed E-state index contributed by atoms with van der Waals surface area (Å²) in [6, 6.07) is 0.300. The van der Waals surface area contributed by atoms with Crippen LogP contribution < -0.4 is 21.3 Å². The predicted octanol–water partition coefficient (Wildman–Crippen LogP) is 1.62. The first kappa shape index (κ1) is 13.5. The van der Waals surface area contributed by atoms with Crippen LogP contribution in [0.25, 0.3) is 0 Å². The van der Waals surface area contributed by atoms with E-state index in [0.717, 1.165) is 6.42 Å². The number of hydrogen-bond acceptors (Lipinski definition) is 6. The lowest BCUT2D eigenvalue weighted by Gasteiger charge is -2.22. The minimum atomic E-state index is 0.300. The van der Waals surface area contributed by atoms with Crippen molar-refractivity contribution < 1.29 is 4.74 Å². The van der Waals surface area contributed by atoms with E-state index in [-0.39, 0.29) is 0 Å². The number of hydrazine groups is 1. The monoisotopic (exact) mass is 239 g/mol. The Morgan fingerprint density at radius 2 is 2.00 bits per heavy atom. The molecule has 0 aliphatic rings. The highest BCUT2D eigenvalue weighted by Crippen LogP contribution is 2.29. The number of anilines is 2. The van der Waals surface area contributed by atoms with Gasteiger partial charge in [-0.3, -0.25) is 0 Å². The second kappa shape index (κ2) is 6.24. The van der Waals surface area contributed by atoms with Crippen LogP contribution in [0.2, 0.25) is 0 Å². The molecule has 2 unspecified atom stereocenters. The number of nitrogens with one attached hydrogen (secondary N) is 2. The molecule has 1 heterocycles. The molecule has 96 valence electrons. The van der Waals surface area contributed by atoms with Gasteiger partial charge < -0.3 is 15.5 Å². The van der Waals surface area contributed by atoms with Crippen LogP contribution in [0.4, 0.5) is 11.6 Å². The van der Waals surface area contributed by atoms with E-state index in [1.807, 2.05) is 0 Å². The fraction of sp³-hybridized carbons (Fsp3) is 0.636. The maximum absolute atomic E-state index is 5.36. The summed E-state index contributed by atoms with van der Waals surface area (Å²) in [5.74, 6) is 7.57. The highest BCUT2D eigenvalue weighted by molar-refractivity contribution is 5.63. The summed E-state index contributed by atoms with van der Waals surface area (Å²) in [7, 11) is 1.57. The average Bonchev–Trinajstić information content (AvgIpc) is 2.37. The van der Waals surface area contributed by atoms with Crippen LogP contribution in [0.15, 0.2) is 6.33 Å². The van der Waals surface area contributed by atoms with E-state index in [2.05, 4.69) is 41.5 Å². The Hall–Kier alpha value is -1.56. The molecular weight excluding hydrogens is 218 g/mol. The van der Waals surface area contributed by atoms with E-state index < -0.39 is 0 Å². The Morgan fingerprint density at radius 3 is 2.53 bits per heavy atom. The molecule has 0 amide bonds. The molecule has 1 aromatic rings. The Bertz CT molecular complexity index is 358. The normalized spacial score (nSPS) is 13.9. The Balaban J connectivity index is 2.90. The number of ether oxygens (including phenoxy) is 1. The fourth-order valence-electron chi connectivity index (χ4n) is 1.48. The minimum Gasteiger partial charge on any atom is -0.490 e. The van der Waals surface area contributed by atoms with Gasteiger partial charge in [-0.2, -0.15) is 0 Å². The molecule has 0 bridgehead atoms. The predicted molar refractivity (Wildman–Crippen MR) is 68.9 cm³/mol. The molecule has 0 saturated carbocycles. The van der Waals surface area contributed by atoms with Gasteiger partial charge in [-0.15, -0.1) is 0 Å². The third-order valence-corrected chi connectivity index (χ3v) is 3.01. The van der Waals surface area contributed by atoms with Crippen LogP contribution in [-0.4, -0.2) is 23.1 Å². The van der Waals surface area contributed by atoms with Crippen molar-refractivity contribution >= 4 is 11.6 Å². The maximum Gasteiger partial charge on any atom is 0.205 e. The molecule has 0 aliphatic carbocycles. The van der Waals surface area contributed by atoms with Crippen molar-refractivity contribution in [3.8, 4) is 5.75 Å². The van der Waals surface area contributed by atoms with E-state index >= 15 is 0 Å². The van der Waals surface area contributed by atoms with Crippen LogP contribution in [-0.2, 0) is 0 Å². The number of methoxy groups -OCH3 is 1. The molecular formula is C11H21N5O. The zero-order valence-corrected chi connectivity index (χ0v) is 10.8. The molecule has 0 aliphatic heterocycles. The summed E-state index contributed by atoms with van der Waals surface area (Å²) >= 11 is 0. The summed E-state index contributed by atoms with van der Waals surface area (Å²) in [5, 5.41) is 3.32. The Labute approximate surface area is 102 Å². The van der Waals surface area contributed by atoms with Gasteiger partial charge in [0.05, 0.1) is 7.11 Å². The van der Waals surface area contributed by atoms with Gasteiger partial charge in [-0.05, 0) is 12.8 Å². The molecule has 1 aromatic heterocycles. The standard InChI is InChI=1S/C11H21N5O/c1-5-7(2)8(3)15-10-9(17-4)11(16-12)14-6-13-10/h6-8H,5,12H2,1-4H3,(H2,13,14,15,16). The molecule has 6 nitrogen and oxygen atoms in total. The summed E-state index contributed by atoms with van der Waals surface area (Å²) < 4.78 is 5.25. The number of nitrogen functional groups attached to an aromatic ring is 1. The molecule has 17 heavy (non-hydrogen) atoms. The number of nitrogens with two attached hydrogens (primary N) is 1. The van der Waals surface area contributed by atoms with Gasteiger partial charge >= 0.3 is 0 Å². The molecule has 0 spiro atoms. The van der Waals surface area contributed by atoms with Crippen LogP contribution >= 0.6 is 0 Å². The maximum atomic E-state index is 5.36. The molecule has 0 saturated heterocycles.